The third kappa shape index (κ3) is 8.29. The predicted octanol–water partition coefficient (Wildman–Crippen LogP) is 0.848. The maximum atomic E-state index is 2.21. The molecule has 0 aliphatic heterocycles. The van der Waals surface area contributed by atoms with Crippen molar-refractivity contribution in [1.29, 1.82) is 0 Å². The Balaban J connectivity index is 0. The standard InChI is InChI=1S/C12H17S2.BrH.Mg/c1-3-13-12(14-4-2)10-11-8-6-5-7-9-11;;/h5-9H,3-4,10H2,1-2H3;1H;/q-1;;+2/p-1. The summed E-state index contributed by atoms with van der Waals surface area (Å²) in [6.45, 7) is 4.43. The van der Waals surface area contributed by atoms with Crippen molar-refractivity contribution in [2.45, 2.75) is 20.3 Å². The molecule has 0 unspecified atom stereocenters. The minimum Gasteiger partial charge on any atom is -1.00 e. The summed E-state index contributed by atoms with van der Waals surface area (Å²) in [6.07, 6.45) is 1.11. The first-order valence-electron chi connectivity index (χ1n) is 5.02. The number of rotatable bonds is 6. The molecule has 4 heteroatoms. The number of thioether (sulfide) groups is 2. The van der Waals surface area contributed by atoms with Crippen LogP contribution in [-0.2, 0) is 6.42 Å². The monoisotopic (exact) mass is 328 g/mol. The Hall–Kier alpha value is 1.17. The summed E-state index contributed by atoms with van der Waals surface area (Å²) >= 11 is 3.95. The quantitative estimate of drug-likeness (QED) is 0.561. The molecule has 0 saturated heterocycles. The zero-order chi connectivity index (χ0) is 10.2. The Kier molecular flexibility index (Phi) is 15.4. The second kappa shape index (κ2) is 12.6. The van der Waals surface area contributed by atoms with Gasteiger partial charge in [-0.05, 0) is 11.5 Å². The van der Waals surface area contributed by atoms with E-state index in [0.717, 1.165) is 6.42 Å². The molecule has 0 spiro atoms. The van der Waals surface area contributed by atoms with E-state index in [9.17, 15) is 0 Å². The van der Waals surface area contributed by atoms with Crippen LogP contribution in [-0.4, -0.2) is 34.6 Å². The van der Waals surface area contributed by atoms with Gasteiger partial charge >= 0.3 is 23.1 Å². The molecule has 0 atom stereocenters. The topological polar surface area (TPSA) is 0 Å². The smallest absolute Gasteiger partial charge is 1.00 e. The van der Waals surface area contributed by atoms with Crippen molar-refractivity contribution >= 4 is 46.6 Å². The van der Waals surface area contributed by atoms with Gasteiger partial charge in [0.05, 0.1) is 0 Å². The van der Waals surface area contributed by atoms with Crippen LogP contribution in [0.3, 0.4) is 0 Å². The molecule has 86 valence electrons. The van der Waals surface area contributed by atoms with E-state index >= 15 is 0 Å². The van der Waals surface area contributed by atoms with Crippen molar-refractivity contribution in [2.24, 2.45) is 0 Å². The molecular weight excluding hydrogens is 312 g/mol. The van der Waals surface area contributed by atoms with Gasteiger partial charge in [0.2, 0.25) is 0 Å². The first-order valence-corrected chi connectivity index (χ1v) is 6.99. The van der Waals surface area contributed by atoms with Crippen LogP contribution in [0, 0.1) is 4.58 Å². The number of hydrogen-bond acceptors (Lipinski definition) is 2. The fourth-order valence-corrected chi connectivity index (χ4v) is 3.45. The van der Waals surface area contributed by atoms with Gasteiger partial charge in [-0.1, -0.05) is 49.7 Å². The Morgan fingerprint density at radius 2 is 1.50 bits per heavy atom. The molecule has 0 amide bonds. The molecule has 0 saturated carbocycles. The van der Waals surface area contributed by atoms with Crippen LogP contribution in [0.25, 0.3) is 0 Å². The van der Waals surface area contributed by atoms with Gasteiger partial charge in [-0.15, -0.1) is 6.42 Å². The van der Waals surface area contributed by atoms with Crippen molar-refractivity contribution in [1.82, 2.24) is 0 Å². The van der Waals surface area contributed by atoms with E-state index in [4.69, 9.17) is 0 Å². The molecule has 0 bridgehead atoms. The van der Waals surface area contributed by atoms with Gasteiger partial charge in [0, 0.05) is 0 Å². The third-order valence-corrected chi connectivity index (χ3v) is 4.02. The van der Waals surface area contributed by atoms with Crippen LogP contribution >= 0.6 is 23.5 Å². The van der Waals surface area contributed by atoms with Gasteiger partial charge in [0.1, 0.15) is 0 Å². The van der Waals surface area contributed by atoms with Crippen molar-refractivity contribution in [3.63, 3.8) is 0 Å². The fourth-order valence-electron chi connectivity index (χ4n) is 1.23. The van der Waals surface area contributed by atoms with E-state index in [2.05, 4.69) is 44.2 Å². The molecule has 0 aliphatic rings. The maximum absolute atomic E-state index is 2.21. The molecular formula is C12H17BrMgS2. The average Bonchev–Trinajstić information content (AvgIpc) is 2.20. The summed E-state index contributed by atoms with van der Waals surface area (Å²) in [4.78, 5) is 0. The third-order valence-electron chi connectivity index (χ3n) is 1.80. The van der Waals surface area contributed by atoms with E-state index in [1.54, 1.807) is 4.58 Å². The van der Waals surface area contributed by atoms with Gasteiger partial charge in [-0.2, -0.15) is 0 Å². The van der Waals surface area contributed by atoms with E-state index in [-0.39, 0.29) is 40.0 Å². The largest absolute Gasteiger partial charge is 2.00 e. The van der Waals surface area contributed by atoms with Gasteiger partial charge in [0.25, 0.3) is 0 Å². The Bertz CT molecular complexity index is 238. The van der Waals surface area contributed by atoms with E-state index in [0.29, 0.717) is 0 Å². The Morgan fingerprint density at radius 3 is 1.94 bits per heavy atom. The molecule has 0 fully saturated rings. The van der Waals surface area contributed by atoms with Crippen LogP contribution in [0.5, 0.6) is 0 Å². The zero-order valence-corrected chi connectivity index (χ0v) is 14.5. The van der Waals surface area contributed by atoms with Crippen molar-refractivity contribution in [2.75, 3.05) is 11.5 Å². The Morgan fingerprint density at radius 1 is 1.00 bits per heavy atom. The number of benzene rings is 1. The van der Waals surface area contributed by atoms with Gasteiger partial charge in [-0.3, -0.25) is 0 Å². The van der Waals surface area contributed by atoms with Crippen molar-refractivity contribution in [3.05, 3.63) is 40.5 Å². The van der Waals surface area contributed by atoms with Crippen molar-refractivity contribution < 1.29 is 17.0 Å². The van der Waals surface area contributed by atoms with E-state index in [1.807, 2.05) is 23.5 Å². The molecule has 0 aromatic heterocycles. The minimum atomic E-state index is 0. The summed E-state index contributed by atoms with van der Waals surface area (Å²) < 4.78 is 1.54. The fraction of sp³-hybridized carbons (Fsp3) is 0.417. The molecule has 1 aromatic rings. The molecule has 1 rings (SSSR count). The summed E-state index contributed by atoms with van der Waals surface area (Å²) in [5.41, 5.74) is 1.42. The molecule has 16 heavy (non-hydrogen) atoms. The van der Waals surface area contributed by atoms with Crippen LogP contribution in [0.4, 0.5) is 0 Å². The molecule has 0 nitrogen and oxygen atoms in total. The first-order chi connectivity index (χ1) is 6.86. The summed E-state index contributed by atoms with van der Waals surface area (Å²) in [5, 5.41) is 0. The molecule has 0 N–H and O–H groups in total. The first kappa shape index (κ1) is 19.5. The summed E-state index contributed by atoms with van der Waals surface area (Å²) in [5.74, 6) is 2.35. The number of hydrogen-bond donors (Lipinski definition) is 0. The molecule has 0 radical (unpaired) electrons. The van der Waals surface area contributed by atoms with Crippen LogP contribution < -0.4 is 17.0 Å². The normalized spacial score (nSPS) is 9.44. The SMILES string of the molecule is CCS[C-](Cc1ccccc1)SCC.[Br-].[Mg+2]. The summed E-state index contributed by atoms with van der Waals surface area (Å²) in [7, 11) is 0. The second-order valence-corrected chi connectivity index (χ2v) is 5.88. The Labute approximate surface area is 135 Å². The predicted molar refractivity (Wildman–Crippen MR) is 75.4 cm³/mol. The summed E-state index contributed by atoms with van der Waals surface area (Å²) in [6, 6.07) is 10.7. The van der Waals surface area contributed by atoms with E-state index < -0.39 is 0 Å². The molecule has 0 heterocycles. The van der Waals surface area contributed by atoms with E-state index in [1.165, 1.54) is 17.1 Å². The molecule has 1 aromatic carbocycles. The van der Waals surface area contributed by atoms with Gasteiger partial charge < -0.3 is 40.5 Å². The van der Waals surface area contributed by atoms with Crippen molar-refractivity contribution in [3.8, 4) is 0 Å². The van der Waals surface area contributed by atoms with Crippen LogP contribution in [0.2, 0.25) is 0 Å². The van der Waals surface area contributed by atoms with Crippen LogP contribution in [0.15, 0.2) is 30.3 Å². The van der Waals surface area contributed by atoms with Gasteiger partial charge in [0.15, 0.2) is 0 Å². The molecule has 0 aliphatic carbocycles. The maximum Gasteiger partial charge on any atom is 2.00 e. The second-order valence-electron chi connectivity index (χ2n) is 2.90. The van der Waals surface area contributed by atoms with Gasteiger partial charge in [-0.25, -0.2) is 4.58 Å². The minimum absolute atomic E-state index is 0. The number of halogens is 1. The zero-order valence-electron chi connectivity index (χ0n) is 9.91. The average molecular weight is 330 g/mol. The van der Waals surface area contributed by atoms with Crippen LogP contribution in [0.1, 0.15) is 19.4 Å².